The van der Waals surface area contributed by atoms with Gasteiger partial charge in [0.15, 0.2) is 0 Å². The van der Waals surface area contributed by atoms with Gasteiger partial charge in [0.1, 0.15) is 0 Å². The number of nitrogens with zero attached hydrogens (tertiary/aromatic N) is 2. The lowest BCUT2D eigenvalue weighted by Crippen LogP contribution is -2.29. The van der Waals surface area contributed by atoms with Crippen molar-refractivity contribution in [3.63, 3.8) is 0 Å². The van der Waals surface area contributed by atoms with E-state index < -0.39 is 0 Å². The lowest BCUT2D eigenvalue weighted by molar-refractivity contribution is 0.231. The fourth-order valence-corrected chi connectivity index (χ4v) is 2.11. The zero-order chi connectivity index (χ0) is 11.6. The molecule has 0 bridgehead atoms. The van der Waals surface area contributed by atoms with E-state index in [-0.39, 0.29) is 0 Å². The van der Waals surface area contributed by atoms with Gasteiger partial charge in [-0.05, 0) is 31.1 Å². The van der Waals surface area contributed by atoms with E-state index in [9.17, 15) is 0 Å². The number of anilines is 1. The van der Waals surface area contributed by atoms with Crippen LogP contribution in [0.15, 0.2) is 4.42 Å². The molecule has 1 fully saturated rings. The molecule has 0 atom stereocenters. The Kier molecular flexibility index (Phi) is 3.14. The lowest BCUT2D eigenvalue weighted by atomic mass is 9.76. The van der Waals surface area contributed by atoms with Gasteiger partial charge in [-0.3, -0.25) is 0 Å². The molecule has 0 amide bonds. The monoisotopic (exact) mass is 224 g/mol. The van der Waals surface area contributed by atoms with E-state index in [0.29, 0.717) is 29.9 Å². The summed E-state index contributed by atoms with van der Waals surface area (Å²) in [5.74, 6) is 0.485. The second-order valence-electron chi connectivity index (χ2n) is 5.29. The normalized spacial score (nSPS) is 20.9. The van der Waals surface area contributed by atoms with Crippen molar-refractivity contribution in [3.05, 3.63) is 5.89 Å². The summed E-state index contributed by atoms with van der Waals surface area (Å²) >= 11 is 0. The van der Waals surface area contributed by atoms with Crippen LogP contribution in [-0.4, -0.2) is 16.2 Å². The third-order valence-electron chi connectivity index (χ3n) is 3.31. The maximum Gasteiger partial charge on any atom is 0.315 e. The second kappa shape index (κ2) is 4.41. The Morgan fingerprint density at radius 3 is 2.62 bits per heavy atom. The molecule has 16 heavy (non-hydrogen) atoms. The highest BCUT2D eigenvalue weighted by Gasteiger charge is 2.27. The van der Waals surface area contributed by atoms with Crippen LogP contribution in [0.3, 0.4) is 0 Å². The molecule has 0 radical (unpaired) electrons. The molecular formula is C11H20N4O. The molecule has 0 aliphatic heterocycles. The molecule has 1 saturated carbocycles. The molecule has 2 rings (SSSR count). The third-order valence-corrected chi connectivity index (χ3v) is 3.31. The Hall–Kier alpha value is -1.10. The van der Waals surface area contributed by atoms with Crippen LogP contribution in [0.5, 0.6) is 0 Å². The van der Waals surface area contributed by atoms with Crippen molar-refractivity contribution in [2.24, 2.45) is 11.1 Å². The first-order chi connectivity index (χ1) is 7.59. The summed E-state index contributed by atoms with van der Waals surface area (Å²) in [7, 11) is 0. The van der Waals surface area contributed by atoms with Crippen molar-refractivity contribution in [3.8, 4) is 0 Å². The first kappa shape index (κ1) is 11.4. The van der Waals surface area contributed by atoms with E-state index in [1.807, 2.05) is 0 Å². The van der Waals surface area contributed by atoms with Gasteiger partial charge in [-0.15, -0.1) is 5.10 Å². The second-order valence-corrected chi connectivity index (χ2v) is 5.29. The summed E-state index contributed by atoms with van der Waals surface area (Å²) in [5.41, 5.74) is 5.89. The molecule has 5 nitrogen and oxygen atoms in total. The average Bonchev–Trinajstić information content (AvgIpc) is 2.69. The molecule has 0 unspecified atom stereocenters. The summed E-state index contributed by atoms with van der Waals surface area (Å²) in [4.78, 5) is 0. The molecule has 0 spiro atoms. The molecule has 3 N–H and O–H groups in total. The van der Waals surface area contributed by atoms with Gasteiger partial charge in [-0.1, -0.05) is 18.9 Å². The van der Waals surface area contributed by atoms with E-state index in [2.05, 4.69) is 29.4 Å². The maximum absolute atomic E-state index is 5.41. The number of hydrogen-bond donors (Lipinski definition) is 2. The molecule has 1 aliphatic rings. The highest BCUT2D eigenvalue weighted by molar-refractivity contribution is 5.19. The van der Waals surface area contributed by atoms with Crippen LogP contribution in [0.25, 0.3) is 0 Å². The predicted molar refractivity (Wildman–Crippen MR) is 61.8 cm³/mol. The van der Waals surface area contributed by atoms with Gasteiger partial charge in [0.25, 0.3) is 0 Å². The predicted octanol–water partition coefficient (Wildman–Crippen LogP) is 1.91. The lowest BCUT2D eigenvalue weighted by Gasteiger charge is -2.34. The molecule has 0 saturated heterocycles. The van der Waals surface area contributed by atoms with Gasteiger partial charge in [0.05, 0.1) is 6.54 Å². The van der Waals surface area contributed by atoms with E-state index in [1.165, 1.54) is 12.8 Å². The summed E-state index contributed by atoms with van der Waals surface area (Å²) in [6.07, 6.45) is 4.80. The Morgan fingerprint density at radius 1 is 1.38 bits per heavy atom. The smallest absolute Gasteiger partial charge is 0.315 e. The topological polar surface area (TPSA) is 77.0 Å². The van der Waals surface area contributed by atoms with Crippen LogP contribution in [0.2, 0.25) is 0 Å². The summed E-state index contributed by atoms with van der Waals surface area (Å²) < 4.78 is 5.33. The largest absolute Gasteiger partial charge is 0.407 e. The van der Waals surface area contributed by atoms with E-state index in [4.69, 9.17) is 10.2 Å². The van der Waals surface area contributed by atoms with E-state index in [1.54, 1.807) is 0 Å². The van der Waals surface area contributed by atoms with Crippen LogP contribution in [0.4, 0.5) is 6.01 Å². The van der Waals surface area contributed by atoms with Crippen LogP contribution >= 0.6 is 0 Å². The van der Waals surface area contributed by atoms with Crippen LogP contribution in [0, 0.1) is 5.41 Å². The summed E-state index contributed by atoms with van der Waals surface area (Å²) in [6, 6.07) is 0.962. The van der Waals surface area contributed by atoms with Crippen molar-refractivity contribution in [1.82, 2.24) is 10.2 Å². The highest BCUT2D eigenvalue weighted by Crippen LogP contribution is 2.35. The Bertz CT molecular complexity index is 338. The minimum atomic E-state index is 0.298. The highest BCUT2D eigenvalue weighted by atomic mass is 16.4. The molecule has 1 aromatic heterocycles. The van der Waals surface area contributed by atoms with Crippen molar-refractivity contribution in [2.75, 3.05) is 5.32 Å². The zero-order valence-electron chi connectivity index (χ0n) is 9.99. The molecule has 1 heterocycles. The average molecular weight is 224 g/mol. The summed E-state index contributed by atoms with van der Waals surface area (Å²) in [6.45, 7) is 4.94. The van der Waals surface area contributed by atoms with Gasteiger partial charge < -0.3 is 15.5 Å². The van der Waals surface area contributed by atoms with Gasteiger partial charge in [-0.25, -0.2) is 0 Å². The molecule has 90 valence electrons. The molecule has 5 heteroatoms. The number of rotatable bonds is 3. The number of nitrogens with two attached hydrogens (primary N) is 1. The zero-order valence-corrected chi connectivity index (χ0v) is 9.99. The van der Waals surface area contributed by atoms with Crippen molar-refractivity contribution < 1.29 is 4.42 Å². The van der Waals surface area contributed by atoms with E-state index in [0.717, 1.165) is 12.8 Å². The van der Waals surface area contributed by atoms with Crippen LogP contribution in [-0.2, 0) is 6.54 Å². The van der Waals surface area contributed by atoms with Gasteiger partial charge in [-0.2, -0.15) is 0 Å². The van der Waals surface area contributed by atoms with Crippen molar-refractivity contribution in [1.29, 1.82) is 0 Å². The number of aromatic nitrogens is 2. The van der Waals surface area contributed by atoms with Gasteiger partial charge in [0, 0.05) is 6.04 Å². The third kappa shape index (κ3) is 2.72. The maximum atomic E-state index is 5.41. The van der Waals surface area contributed by atoms with Crippen LogP contribution < -0.4 is 11.1 Å². The molecule has 0 aromatic carbocycles. The first-order valence-corrected chi connectivity index (χ1v) is 5.88. The van der Waals surface area contributed by atoms with Gasteiger partial charge >= 0.3 is 6.01 Å². The SMILES string of the molecule is CC1(C)CCC(Nc2nnc(CN)o2)CC1. The Morgan fingerprint density at radius 2 is 2.06 bits per heavy atom. The quantitative estimate of drug-likeness (QED) is 0.820. The number of nitrogens with one attached hydrogen (secondary N) is 1. The minimum absolute atomic E-state index is 0.298. The molecular weight excluding hydrogens is 204 g/mol. The summed E-state index contributed by atoms with van der Waals surface area (Å²) in [5, 5.41) is 11.0. The minimum Gasteiger partial charge on any atom is -0.407 e. The molecule has 1 aliphatic carbocycles. The fourth-order valence-electron chi connectivity index (χ4n) is 2.11. The van der Waals surface area contributed by atoms with E-state index >= 15 is 0 Å². The number of hydrogen-bond acceptors (Lipinski definition) is 5. The van der Waals surface area contributed by atoms with Crippen molar-refractivity contribution in [2.45, 2.75) is 52.1 Å². The van der Waals surface area contributed by atoms with Crippen molar-refractivity contribution >= 4 is 6.01 Å². The van der Waals surface area contributed by atoms with Crippen LogP contribution in [0.1, 0.15) is 45.4 Å². The first-order valence-electron chi connectivity index (χ1n) is 5.88. The molecule has 1 aromatic rings. The Balaban J connectivity index is 1.87. The Labute approximate surface area is 95.8 Å². The standard InChI is InChI=1S/C11H20N4O/c1-11(2)5-3-8(4-6-11)13-10-15-14-9(7-12)16-10/h8H,3-7,12H2,1-2H3,(H,13,15). The fraction of sp³-hybridized carbons (Fsp3) is 0.818. The van der Waals surface area contributed by atoms with Gasteiger partial charge in [0.2, 0.25) is 5.89 Å².